The van der Waals surface area contributed by atoms with Crippen LogP contribution in [0.2, 0.25) is 5.02 Å². The van der Waals surface area contributed by atoms with Gasteiger partial charge in [-0.2, -0.15) is 0 Å². The quantitative estimate of drug-likeness (QED) is 0.334. The van der Waals surface area contributed by atoms with Crippen LogP contribution in [0.1, 0.15) is 43.2 Å². The van der Waals surface area contributed by atoms with E-state index in [9.17, 15) is 0 Å². The van der Waals surface area contributed by atoms with E-state index in [1.165, 1.54) is 48.6 Å². The van der Waals surface area contributed by atoms with Crippen molar-refractivity contribution in [3.05, 3.63) is 82.5 Å². The molecule has 0 saturated heterocycles. The number of hydrogen-bond acceptors (Lipinski definition) is 1. The number of allylic oxidation sites excluding steroid dienone is 1. The Morgan fingerprint density at radius 1 is 0.964 bits per heavy atom. The first-order valence-electron chi connectivity index (χ1n) is 10.00. The highest BCUT2D eigenvalue weighted by Gasteiger charge is 2.10. The SMILES string of the molecule is Cl.Clc1ccccc1Cn1cc(CNCCC2=CCCCC2)c2ccccc21. The predicted molar refractivity (Wildman–Crippen MR) is 123 cm³/mol. The fourth-order valence-corrected chi connectivity index (χ4v) is 4.20. The Labute approximate surface area is 179 Å². The van der Waals surface area contributed by atoms with E-state index in [-0.39, 0.29) is 12.4 Å². The Kier molecular flexibility index (Phi) is 7.61. The van der Waals surface area contributed by atoms with Crippen molar-refractivity contribution < 1.29 is 0 Å². The van der Waals surface area contributed by atoms with Gasteiger partial charge in [-0.1, -0.05) is 59.6 Å². The van der Waals surface area contributed by atoms with Crippen molar-refractivity contribution in [3.63, 3.8) is 0 Å². The molecule has 1 aliphatic carbocycles. The highest BCUT2D eigenvalue weighted by Crippen LogP contribution is 2.25. The molecule has 28 heavy (non-hydrogen) atoms. The number of halogens is 2. The molecule has 4 rings (SSSR count). The molecule has 2 nitrogen and oxygen atoms in total. The minimum Gasteiger partial charge on any atom is -0.343 e. The van der Waals surface area contributed by atoms with Gasteiger partial charge >= 0.3 is 0 Å². The molecule has 0 spiro atoms. The normalized spacial score (nSPS) is 14.0. The van der Waals surface area contributed by atoms with Crippen LogP contribution >= 0.6 is 24.0 Å². The molecule has 1 aliphatic rings. The van der Waals surface area contributed by atoms with Crippen molar-refractivity contribution in [1.82, 2.24) is 9.88 Å². The summed E-state index contributed by atoms with van der Waals surface area (Å²) in [6.45, 7) is 2.76. The van der Waals surface area contributed by atoms with Gasteiger partial charge < -0.3 is 9.88 Å². The number of fused-ring (bicyclic) bond motifs is 1. The minimum atomic E-state index is 0. The second-order valence-electron chi connectivity index (χ2n) is 7.43. The van der Waals surface area contributed by atoms with E-state index < -0.39 is 0 Å². The van der Waals surface area contributed by atoms with E-state index in [0.717, 1.165) is 30.2 Å². The molecule has 3 aromatic rings. The van der Waals surface area contributed by atoms with Crippen molar-refractivity contribution in [2.45, 2.75) is 45.2 Å². The van der Waals surface area contributed by atoms with Crippen LogP contribution in [0.25, 0.3) is 10.9 Å². The largest absolute Gasteiger partial charge is 0.343 e. The van der Waals surface area contributed by atoms with Gasteiger partial charge in [-0.05, 0) is 61.9 Å². The van der Waals surface area contributed by atoms with E-state index in [4.69, 9.17) is 11.6 Å². The van der Waals surface area contributed by atoms with Crippen molar-refractivity contribution in [3.8, 4) is 0 Å². The number of rotatable bonds is 7. The summed E-state index contributed by atoms with van der Waals surface area (Å²) < 4.78 is 2.32. The van der Waals surface area contributed by atoms with Gasteiger partial charge in [-0.3, -0.25) is 0 Å². The van der Waals surface area contributed by atoms with Gasteiger partial charge in [0.15, 0.2) is 0 Å². The summed E-state index contributed by atoms with van der Waals surface area (Å²) in [5, 5.41) is 5.81. The third kappa shape index (κ3) is 5.00. The standard InChI is InChI=1S/C24H27ClN2.ClH/c25-23-12-6-4-10-20(23)17-27-18-21(22-11-5-7-13-24(22)27)16-26-15-14-19-8-2-1-3-9-19;/h4-8,10-13,18,26H,1-3,9,14-17H2;1H. The average Bonchev–Trinajstić information content (AvgIpc) is 3.06. The fourth-order valence-electron chi connectivity index (χ4n) is 4.01. The highest BCUT2D eigenvalue weighted by atomic mass is 35.5. The van der Waals surface area contributed by atoms with Gasteiger partial charge in [0, 0.05) is 35.2 Å². The highest BCUT2D eigenvalue weighted by molar-refractivity contribution is 6.31. The third-order valence-corrected chi connectivity index (χ3v) is 5.86. The van der Waals surface area contributed by atoms with E-state index >= 15 is 0 Å². The predicted octanol–water partition coefficient (Wildman–Crippen LogP) is 6.74. The lowest BCUT2D eigenvalue weighted by Crippen LogP contribution is -2.15. The summed E-state index contributed by atoms with van der Waals surface area (Å²) in [6.07, 6.45) is 11.2. The molecule has 0 saturated carbocycles. The Bertz CT molecular complexity index is 943. The number of hydrogen-bond donors (Lipinski definition) is 1. The number of nitrogens with one attached hydrogen (secondary N) is 1. The second kappa shape index (κ2) is 10.2. The molecule has 0 unspecified atom stereocenters. The Morgan fingerprint density at radius 3 is 2.61 bits per heavy atom. The molecule has 0 fully saturated rings. The molecule has 4 heteroatoms. The van der Waals surface area contributed by atoms with Crippen LogP contribution in [0.15, 0.2) is 66.4 Å². The molecule has 0 aliphatic heterocycles. The summed E-state index contributed by atoms with van der Waals surface area (Å²) in [4.78, 5) is 0. The summed E-state index contributed by atoms with van der Waals surface area (Å²) in [6, 6.07) is 16.8. The van der Waals surface area contributed by atoms with Gasteiger partial charge in [0.05, 0.1) is 0 Å². The van der Waals surface area contributed by atoms with E-state index in [2.05, 4.69) is 58.6 Å². The lowest BCUT2D eigenvalue weighted by atomic mass is 9.97. The zero-order valence-corrected chi connectivity index (χ0v) is 17.7. The molecule has 148 valence electrons. The van der Waals surface area contributed by atoms with Crippen LogP contribution in [-0.2, 0) is 13.1 Å². The zero-order valence-electron chi connectivity index (χ0n) is 16.2. The van der Waals surface area contributed by atoms with Crippen molar-refractivity contribution in [2.24, 2.45) is 0 Å². The van der Waals surface area contributed by atoms with Gasteiger partial charge in [0.2, 0.25) is 0 Å². The van der Waals surface area contributed by atoms with Crippen LogP contribution in [0.5, 0.6) is 0 Å². The molecule has 0 radical (unpaired) electrons. The van der Waals surface area contributed by atoms with Crippen molar-refractivity contribution >= 4 is 34.9 Å². The molecule has 2 aromatic carbocycles. The average molecular weight is 415 g/mol. The maximum Gasteiger partial charge on any atom is 0.0491 e. The summed E-state index contributed by atoms with van der Waals surface area (Å²) in [5.41, 5.74) is 5.41. The van der Waals surface area contributed by atoms with Crippen LogP contribution in [0.3, 0.4) is 0 Å². The van der Waals surface area contributed by atoms with Gasteiger partial charge in [-0.25, -0.2) is 0 Å². The first-order valence-corrected chi connectivity index (χ1v) is 10.4. The minimum absolute atomic E-state index is 0. The molecule has 0 amide bonds. The van der Waals surface area contributed by atoms with Crippen LogP contribution in [0.4, 0.5) is 0 Å². The maximum absolute atomic E-state index is 6.38. The third-order valence-electron chi connectivity index (χ3n) is 5.49. The Hall–Kier alpha value is -1.74. The topological polar surface area (TPSA) is 17.0 Å². The molecule has 0 bridgehead atoms. The number of para-hydroxylation sites is 1. The van der Waals surface area contributed by atoms with Gasteiger partial charge in [-0.15, -0.1) is 12.4 Å². The summed E-state index contributed by atoms with van der Waals surface area (Å²) in [5.74, 6) is 0. The van der Waals surface area contributed by atoms with E-state index in [1.54, 1.807) is 5.57 Å². The molecule has 1 heterocycles. The van der Waals surface area contributed by atoms with Crippen LogP contribution in [-0.4, -0.2) is 11.1 Å². The van der Waals surface area contributed by atoms with E-state index in [1.807, 2.05) is 12.1 Å². The van der Waals surface area contributed by atoms with Crippen molar-refractivity contribution in [1.29, 1.82) is 0 Å². The molecule has 1 aromatic heterocycles. The second-order valence-corrected chi connectivity index (χ2v) is 7.83. The molecule has 0 atom stereocenters. The zero-order chi connectivity index (χ0) is 18.5. The summed E-state index contributed by atoms with van der Waals surface area (Å²) in [7, 11) is 0. The lowest BCUT2D eigenvalue weighted by molar-refractivity contribution is 0.632. The lowest BCUT2D eigenvalue weighted by Gasteiger charge is -2.12. The Balaban J connectivity index is 0.00000225. The Morgan fingerprint density at radius 2 is 1.79 bits per heavy atom. The fraction of sp³-hybridized carbons (Fsp3) is 0.333. The smallest absolute Gasteiger partial charge is 0.0491 e. The first-order chi connectivity index (χ1) is 13.3. The molecule has 1 N–H and O–H groups in total. The molecular formula is C24H28Cl2N2. The van der Waals surface area contributed by atoms with Crippen LogP contribution < -0.4 is 5.32 Å². The first kappa shape index (κ1) is 21.0. The van der Waals surface area contributed by atoms with Gasteiger partial charge in [0.1, 0.15) is 0 Å². The van der Waals surface area contributed by atoms with E-state index in [0.29, 0.717) is 0 Å². The number of nitrogens with zero attached hydrogens (tertiary/aromatic N) is 1. The maximum atomic E-state index is 6.38. The van der Waals surface area contributed by atoms with Crippen LogP contribution in [0, 0.1) is 0 Å². The molecular weight excluding hydrogens is 387 g/mol. The van der Waals surface area contributed by atoms with Crippen molar-refractivity contribution in [2.75, 3.05) is 6.54 Å². The number of aromatic nitrogens is 1. The van der Waals surface area contributed by atoms with Gasteiger partial charge in [0.25, 0.3) is 0 Å². The number of benzene rings is 2. The summed E-state index contributed by atoms with van der Waals surface area (Å²) >= 11 is 6.38. The monoisotopic (exact) mass is 414 g/mol.